The molecular formula is C19H21N3O3. The Balaban J connectivity index is 1.73. The number of methoxy groups -OCH3 is 1. The largest absolute Gasteiger partial charge is 0.451 e. The third-order valence-electron chi connectivity index (χ3n) is 4.99. The van der Waals surface area contributed by atoms with E-state index in [1.165, 1.54) is 0 Å². The number of hydrogen-bond acceptors (Lipinski definition) is 4. The van der Waals surface area contributed by atoms with E-state index in [1.807, 2.05) is 47.7 Å². The van der Waals surface area contributed by atoms with E-state index in [2.05, 4.69) is 4.98 Å². The minimum atomic E-state index is -0.105. The molecule has 0 fully saturated rings. The Bertz CT molecular complexity index is 941. The van der Waals surface area contributed by atoms with Gasteiger partial charge in [0.25, 0.3) is 5.91 Å². The molecule has 3 aromatic rings. The predicted molar refractivity (Wildman–Crippen MR) is 93.4 cm³/mol. The highest BCUT2D eigenvalue weighted by atomic mass is 16.5. The summed E-state index contributed by atoms with van der Waals surface area (Å²) in [5.41, 5.74) is 3.72. The summed E-state index contributed by atoms with van der Waals surface area (Å²) in [5, 5.41) is 0.977. The highest BCUT2D eigenvalue weighted by Gasteiger charge is 2.34. The second kappa shape index (κ2) is 6.04. The average molecular weight is 339 g/mol. The third-order valence-corrected chi connectivity index (χ3v) is 4.99. The Morgan fingerprint density at radius 3 is 2.96 bits per heavy atom. The van der Waals surface area contributed by atoms with Crippen molar-refractivity contribution in [3.8, 4) is 0 Å². The Morgan fingerprint density at radius 1 is 1.40 bits per heavy atom. The van der Waals surface area contributed by atoms with Gasteiger partial charge in [-0.1, -0.05) is 18.2 Å². The molecule has 0 saturated heterocycles. The number of aryl methyl sites for hydroxylation is 2. The molecule has 0 unspecified atom stereocenters. The van der Waals surface area contributed by atoms with Crippen LogP contribution in [0.2, 0.25) is 0 Å². The van der Waals surface area contributed by atoms with Gasteiger partial charge in [-0.2, -0.15) is 0 Å². The number of para-hydroxylation sites is 1. The van der Waals surface area contributed by atoms with Gasteiger partial charge in [0.1, 0.15) is 5.58 Å². The number of carbonyl (C=O) groups excluding carboxylic acids is 1. The molecule has 1 aliphatic heterocycles. The molecule has 0 radical (unpaired) electrons. The summed E-state index contributed by atoms with van der Waals surface area (Å²) in [6, 6.07) is 7.69. The fourth-order valence-electron chi connectivity index (χ4n) is 3.61. The molecule has 0 aliphatic carbocycles. The molecule has 6 heteroatoms. The highest BCUT2D eigenvalue weighted by Crippen LogP contribution is 2.29. The summed E-state index contributed by atoms with van der Waals surface area (Å²) >= 11 is 0. The Hall–Kier alpha value is -2.60. The number of hydrogen-bond donors (Lipinski definition) is 0. The molecule has 25 heavy (non-hydrogen) atoms. The maximum absolute atomic E-state index is 13.2. The van der Waals surface area contributed by atoms with Crippen LogP contribution in [0, 0.1) is 6.92 Å². The lowest BCUT2D eigenvalue weighted by molar-refractivity contribution is 0.0441. The second-order valence-electron chi connectivity index (χ2n) is 6.55. The summed E-state index contributed by atoms with van der Waals surface area (Å²) in [5.74, 6) is 0.300. The van der Waals surface area contributed by atoms with Crippen molar-refractivity contribution in [3.05, 3.63) is 53.3 Å². The van der Waals surface area contributed by atoms with Gasteiger partial charge in [-0.05, 0) is 13.0 Å². The van der Waals surface area contributed by atoms with E-state index in [9.17, 15) is 4.79 Å². The van der Waals surface area contributed by atoms with Gasteiger partial charge < -0.3 is 18.6 Å². The number of imidazole rings is 1. The molecule has 130 valence electrons. The molecule has 3 heterocycles. The van der Waals surface area contributed by atoms with Gasteiger partial charge in [0.05, 0.1) is 31.2 Å². The molecule has 1 aliphatic rings. The normalized spacial score (nSPS) is 17.1. The van der Waals surface area contributed by atoms with Crippen LogP contribution < -0.4 is 0 Å². The van der Waals surface area contributed by atoms with Gasteiger partial charge in [0.2, 0.25) is 0 Å². The van der Waals surface area contributed by atoms with Crippen LogP contribution in [-0.4, -0.2) is 40.1 Å². The zero-order chi connectivity index (χ0) is 17.6. The molecule has 2 aromatic heterocycles. The highest BCUT2D eigenvalue weighted by molar-refractivity contribution is 5.99. The van der Waals surface area contributed by atoms with Crippen molar-refractivity contribution in [1.29, 1.82) is 0 Å². The predicted octanol–water partition coefficient (Wildman–Crippen LogP) is 2.69. The molecule has 4 rings (SSSR count). The van der Waals surface area contributed by atoms with Crippen LogP contribution in [0.5, 0.6) is 0 Å². The van der Waals surface area contributed by atoms with Crippen molar-refractivity contribution in [3.63, 3.8) is 0 Å². The van der Waals surface area contributed by atoms with Gasteiger partial charge in [0.15, 0.2) is 5.76 Å². The van der Waals surface area contributed by atoms with Crippen molar-refractivity contribution in [2.75, 3.05) is 13.7 Å². The van der Waals surface area contributed by atoms with Crippen molar-refractivity contribution in [1.82, 2.24) is 14.5 Å². The van der Waals surface area contributed by atoms with Crippen LogP contribution in [0.4, 0.5) is 0 Å². The number of amides is 1. The lowest BCUT2D eigenvalue weighted by Gasteiger charge is -2.34. The first-order chi connectivity index (χ1) is 12.1. The van der Waals surface area contributed by atoms with Crippen LogP contribution in [-0.2, 0) is 24.8 Å². The SMILES string of the molecule is COC[C@H]1Cc2c(ncn2C)CN1C(=O)c1oc2ccccc2c1C. The second-order valence-corrected chi connectivity index (χ2v) is 6.55. The Morgan fingerprint density at radius 2 is 2.20 bits per heavy atom. The lowest BCUT2D eigenvalue weighted by Crippen LogP contribution is -2.47. The van der Waals surface area contributed by atoms with E-state index in [4.69, 9.17) is 9.15 Å². The summed E-state index contributed by atoms with van der Waals surface area (Å²) < 4.78 is 13.3. The number of fused-ring (bicyclic) bond motifs is 2. The number of aromatic nitrogens is 2. The van der Waals surface area contributed by atoms with Crippen LogP contribution in [0.15, 0.2) is 35.0 Å². The number of rotatable bonds is 3. The number of ether oxygens (including phenoxy) is 1. The molecule has 1 amide bonds. The van der Waals surface area contributed by atoms with E-state index in [1.54, 1.807) is 13.4 Å². The average Bonchev–Trinajstić information content (AvgIpc) is 3.15. The zero-order valence-electron chi connectivity index (χ0n) is 14.7. The number of benzene rings is 1. The van der Waals surface area contributed by atoms with E-state index in [-0.39, 0.29) is 11.9 Å². The van der Waals surface area contributed by atoms with E-state index >= 15 is 0 Å². The summed E-state index contributed by atoms with van der Waals surface area (Å²) in [6.45, 7) is 2.88. The quantitative estimate of drug-likeness (QED) is 0.736. The third kappa shape index (κ3) is 2.53. The standard InChI is InChI=1S/C19H21N3O3/c1-12-14-6-4-5-7-17(14)25-18(12)19(23)22-9-15-16(21(2)11-20-15)8-13(22)10-24-3/h4-7,11,13H,8-10H2,1-3H3/t13-/m1/s1. The summed E-state index contributed by atoms with van der Waals surface area (Å²) in [6.07, 6.45) is 2.53. The van der Waals surface area contributed by atoms with E-state index in [0.29, 0.717) is 18.9 Å². The Labute approximate surface area is 146 Å². The van der Waals surface area contributed by atoms with Gasteiger partial charge >= 0.3 is 0 Å². The minimum absolute atomic E-state index is 0.0342. The number of furan rings is 1. The molecule has 0 spiro atoms. The number of carbonyl (C=O) groups is 1. The topological polar surface area (TPSA) is 60.5 Å². The molecular weight excluding hydrogens is 318 g/mol. The zero-order valence-corrected chi connectivity index (χ0v) is 14.7. The fourth-order valence-corrected chi connectivity index (χ4v) is 3.61. The lowest BCUT2D eigenvalue weighted by atomic mass is 10.0. The monoisotopic (exact) mass is 339 g/mol. The van der Waals surface area contributed by atoms with Gasteiger partial charge in [-0.3, -0.25) is 4.79 Å². The molecule has 0 bridgehead atoms. The molecule has 1 atom stereocenters. The van der Waals surface area contributed by atoms with Crippen LogP contribution >= 0.6 is 0 Å². The maximum atomic E-state index is 13.2. The minimum Gasteiger partial charge on any atom is -0.451 e. The van der Waals surface area contributed by atoms with Crippen LogP contribution in [0.1, 0.15) is 27.5 Å². The van der Waals surface area contributed by atoms with E-state index < -0.39 is 0 Å². The molecule has 0 N–H and O–H groups in total. The van der Waals surface area contributed by atoms with Crippen molar-refractivity contribution in [2.24, 2.45) is 7.05 Å². The smallest absolute Gasteiger partial charge is 0.290 e. The molecule has 6 nitrogen and oxygen atoms in total. The maximum Gasteiger partial charge on any atom is 0.290 e. The van der Waals surface area contributed by atoms with E-state index in [0.717, 1.165) is 34.3 Å². The number of nitrogens with zero attached hydrogens (tertiary/aromatic N) is 3. The first kappa shape index (κ1) is 15.9. The summed E-state index contributed by atoms with van der Waals surface area (Å²) in [7, 11) is 3.64. The van der Waals surface area contributed by atoms with Crippen LogP contribution in [0.3, 0.4) is 0 Å². The first-order valence-corrected chi connectivity index (χ1v) is 8.37. The fraction of sp³-hybridized carbons (Fsp3) is 0.368. The van der Waals surface area contributed by atoms with Gasteiger partial charge in [-0.25, -0.2) is 4.98 Å². The van der Waals surface area contributed by atoms with Gasteiger partial charge in [-0.15, -0.1) is 0 Å². The first-order valence-electron chi connectivity index (χ1n) is 8.37. The van der Waals surface area contributed by atoms with Crippen LogP contribution in [0.25, 0.3) is 11.0 Å². The Kier molecular flexibility index (Phi) is 3.84. The summed E-state index contributed by atoms with van der Waals surface area (Å²) in [4.78, 5) is 19.5. The molecule has 1 aromatic carbocycles. The van der Waals surface area contributed by atoms with Crippen molar-refractivity contribution >= 4 is 16.9 Å². The van der Waals surface area contributed by atoms with Gasteiger partial charge in [0, 0.05) is 37.2 Å². The van der Waals surface area contributed by atoms with Crippen molar-refractivity contribution in [2.45, 2.75) is 25.9 Å². The molecule has 0 saturated carbocycles. The van der Waals surface area contributed by atoms with Crippen molar-refractivity contribution < 1.29 is 13.9 Å².